The Bertz CT molecular complexity index is 1070. The number of rotatable bonds is 2. The number of hydrogen-bond acceptors (Lipinski definition) is 5. The summed E-state index contributed by atoms with van der Waals surface area (Å²) in [6.45, 7) is 6.17. The van der Waals surface area contributed by atoms with Gasteiger partial charge < -0.3 is 19.2 Å². The van der Waals surface area contributed by atoms with E-state index in [0.29, 0.717) is 55.0 Å². The van der Waals surface area contributed by atoms with E-state index < -0.39 is 0 Å². The van der Waals surface area contributed by atoms with Crippen LogP contribution in [0.15, 0.2) is 39.3 Å². The van der Waals surface area contributed by atoms with Gasteiger partial charge in [-0.2, -0.15) is 0 Å². The summed E-state index contributed by atoms with van der Waals surface area (Å²) in [5.74, 6) is 2.35. The first-order chi connectivity index (χ1) is 17.3. The van der Waals surface area contributed by atoms with Crippen LogP contribution in [0.25, 0.3) is 0 Å². The topological polar surface area (TPSA) is 80.0 Å². The number of fused-ring (bicyclic) bond motifs is 5. The summed E-state index contributed by atoms with van der Waals surface area (Å²) < 4.78 is 11.3. The van der Waals surface area contributed by atoms with Crippen molar-refractivity contribution in [2.24, 2.45) is 28.6 Å². The Hall–Kier alpha value is -2.08. The van der Waals surface area contributed by atoms with Crippen LogP contribution in [0.2, 0.25) is 0 Å². The van der Waals surface area contributed by atoms with E-state index in [2.05, 4.69) is 19.9 Å². The van der Waals surface area contributed by atoms with Gasteiger partial charge in [-0.25, -0.2) is 9.59 Å². The van der Waals surface area contributed by atoms with Gasteiger partial charge in [0, 0.05) is 19.2 Å². The molecule has 1 aliphatic heterocycles. The lowest BCUT2D eigenvalue weighted by Gasteiger charge is -2.59. The maximum absolute atomic E-state index is 12.8. The second-order valence-corrected chi connectivity index (χ2v) is 12.8. The van der Waals surface area contributed by atoms with Crippen molar-refractivity contribution in [2.45, 2.75) is 96.2 Å². The van der Waals surface area contributed by atoms with Gasteiger partial charge in [0.1, 0.15) is 6.10 Å². The molecule has 7 atom stereocenters. The van der Waals surface area contributed by atoms with Crippen molar-refractivity contribution >= 4 is 6.09 Å². The third kappa shape index (κ3) is 3.95. The standard InChI is InChI=1S/C30H41NO5/c1-29-13-9-22(36-28(34)31-15-11-21(32)12-16-31)17-20(29)4-5-23-25-7-6-24(19-3-8-27(33)35-18-19)30(25,2)14-10-26(23)29/h3,7-8,18,20-24,26,32H,4-6,9-17H2,1-2H3. The fraction of sp³-hybridized carbons (Fsp3) is 0.733. The van der Waals surface area contributed by atoms with Gasteiger partial charge in [-0.05, 0) is 110 Å². The molecule has 6 rings (SSSR count). The van der Waals surface area contributed by atoms with Crippen molar-refractivity contribution in [1.82, 2.24) is 4.90 Å². The average Bonchev–Trinajstić information content (AvgIpc) is 3.22. The highest BCUT2D eigenvalue weighted by molar-refractivity contribution is 5.68. The zero-order valence-corrected chi connectivity index (χ0v) is 21.8. The van der Waals surface area contributed by atoms with E-state index in [0.717, 1.165) is 31.2 Å². The predicted octanol–water partition coefficient (Wildman–Crippen LogP) is 5.65. The molecule has 1 aromatic rings. The maximum Gasteiger partial charge on any atom is 0.410 e. The minimum atomic E-state index is -0.282. The summed E-state index contributed by atoms with van der Waals surface area (Å²) in [7, 11) is 0. The summed E-state index contributed by atoms with van der Waals surface area (Å²) in [6, 6.07) is 3.53. The first kappa shape index (κ1) is 24.3. The molecule has 36 heavy (non-hydrogen) atoms. The van der Waals surface area contributed by atoms with E-state index in [1.54, 1.807) is 22.8 Å². The van der Waals surface area contributed by atoms with Crippen molar-refractivity contribution in [3.63, 3.8) is 0 Å². The molecule has 6 nitrogen and oxygen atoms in total. The molecule has 6 heteroatoms. The zero-order valence-electron chi connectivity index (χ0n) is 21.8. The molecule has 196 valence electrons. The minimum absolute atomic E-state index is 0.0237. The molecule has 0 aromatic carbocycles. The molecule has 4 aliphatic carbocycles. The largest absolute Gasteiger partial charge is 0.446 e. The molecule has 3 saturated carbocycles. The summed E-state index contributed by atoms with van der Waals surface area (Å²) in [4.78, 5) is 26.0. The number of piperidine rings is 1. The van der Waals surface area contributed by atoms with Crippen LogP contribution in [0.5, 0.6) is 0 Å². The fourth-order valence-electron chi connectivity index (χ4n) is 8.99. The number of amides is 1. The lowest BCUT2D eigenvalue weighted by molar-refractivity contribution is -0.0879. The van der Waals surface area contributed by atoms with Crippen LogP contribution in [-0.2, 0) is 4.74 Å². The Morgan fingerprint density at radius 1 is 1.08 bits per heavy atom. The van der Waals surface area contributed by atoms with E-state index in [1.807, 2.05) is 6.07 Å². The summed E-state index contributed by atoms with van der Waals surface area (Å²) in [5, 5.41) is 9.74. The Balaban J connectivity index is 1.13. The van der Waals surface area contributed by atoms with E-state index in [9.17, 15) is 14.7 Å². The van der Waals surface area contributed by atoms with Crippen molar-refractivity contribution < 1.29 is 19.1 Å². The molecule has 4 fully saturated rings. The molecule has 1 N–H and O–H groups in total. The fourth-order valence-corrected chi connectivity index (χ4v) is 8.99. The maximum atomic E-state index is 12.8. The monoisotopic (exact) mass is 495 g/mol. The van der Waals surface area contributed by atoms with Crippen LogP contribution < -0.4 is 5.63 Å². The van der Waals surface area contributed by atoms with E-state index in [-0.39, 0.29) is 29.3 Å². The Morgan fingerprint density at radius 2 is 1.89 bits per heavy atom. The van der Waals surface area contributed by atoms with Crippen LogP contribution >= 0.6 is 0 Å². The molecule has 0 radical (unpaired) electrons. The molecule has 5 aliphatic rings. The SMILES string of the molecule is CC12CCC3C(CCC4CC(OC(=O)N5CCC(O)CC5)CCC43C)C1=CCC2c1ccc(=O)oc1. The van der Waals surface area contributed by atoms with Crippen LogP contribution in [0, 0.1) is 28.6 Å². The molecule has 0 spiro atoms. The highest BCUT2D eigenvalue weighted by atomic mass is 16.6. The van der Waals surface area contributed by atoms with Crippen molar-refractivity contribution in [3.05, 3.63) is 46.0 Å². The predicted molar refractivity (Wildman–Crippen MR) is 137 cm³/mol. The normalized spacial score (nSPS) is 40.6. The van der Waals surface area contributed by atoms with Crippen molar-refractivity contribution in [1.29, 1.82) is 0 Å². The summed E-state index contributed by atoms with van der Waals surface area (Å²) in [5.41, 5.74) is 3.00. The number of nitrogens with zero attached hydrogens (tertiary/aromatic N) is 1. The first-order valence-corrected chi connectivity index (χ1v) is 14.2. The number of allylic oxidation sites excluding steroid dienone is 2. The molecular weight excluding hydrogens is 454 g/mol. The Kier molecular flexibility index (Phi) is 6.09. The average molecular weight is 496 g/mol. The van der Waals surface area contributed by atoms with E-state index in [4.69, 9.17) is 9.15 Å². The van der Waals surface area contributed by atoms with Gasteiger partial charge in [0.15, 0.2) is 0 Å². The zero-order chi connectivity index (χ0) is 25.1. The summed E-state index contributed by atoms with van der Waals surface area (Å²) in [6.07, 6.45) is 14.1. The van der Waals surface area contributed by atoms with Gasteiger partial charge in [0.25, 0.3) is 0 Å². The number of hydrogen-bond donors (Lipinski definition) is 1. The molecule has 2 heterocycles. The Labute approximate surface area is 214 Å². The van der Waals surface area contributed by atoms with Gasteiger partial charge >= 0.3 is 11.7 Å². The number of likely N-dealkylation sites (tertiary alicyclic amines) is 1. The number of aliphatic hydroxyl groups is 1. The highest BCUT2D eigenvalue weighted by Gasteiger charge is 2.58. The molecule has 0 bridgehead atoms. The van der Waals surface area contributed by atoms with Gasteiger partial charge in [0.2, 0.25) is 0 Å². The van der Waals surface area contributed by atoms with Crippen LogP contribution in [0.4, 0.5) is 4.79 Å². The smallest absolute Gasteiger partial charge is 0.410 e. The second kappa shape index (κ2) is 9.04. The van der Waals surface area contributed by atoms with Gasteiger partial charge in [-0.15, -0.1) is 0 Å². The molecule has 1 aromatic heterocycles. The molecular formula is C30H41NO5. The van der Waals surface area contributed by atoms with Crippen LogP contribution in [0.3, 0.4) is 0 Å². The minimum Gasteiger partial charge on any atom is -0.446 e. The molecule has 1 amide bonds. The van der Waals surface area contributed by atoms with Gasteiger partial charge in [-0.1, -0.05) is 25.5 Å². The van der Waals surface area contributed by atoms with Crippen molar-refractivity contribution in [2.75, 3.05) is 13.1 Å². The number of carbonyl (C=O) groups is 1. The summed E-state index contributed by atoms with van der Waals surface area (Å²) >= 11 is 0. The number of aliphatic hydroxyl groups excluding tert-OH is 1. The number of ether oxygens (including phenoxy) is 1. The molecule has 1 saturated heterocycles. The first-order valence-electron chi connectivity index (χ1n) is 14.2. The van der Waals surface area contributed by atoms with E-state index in [1.165, 1.54) is 25.7 Å². The van der Waals surface area contributed by atoms with Crippen LogP contribution in [-0.4, -0.2) is 41.4 Å². The third-order valence-corrected chi connectivity index (χ3v) is 11.1. The van der Waals surface area contributed by atoms with Crippen LogP contribution in [0.1, 0.15) is 89.5 Å². The molecule has 7 unspecified atom stereocenters. The Morgan fingerprint density at radius 3 is 2.64 bits per heavy atom. The van der Waals surface area contributed by atoms with Gasteiger partial charge in [0.05, 0.1) is 12.4 Å². The lowest BCUT2D eigenvalue weighted by Crippen LogP contribution is -2.52. The van der Waals surface area contributed by atoms with Gasteiger partial charge in [-0.3, -0.25) is 0 Å². The van der Waals surface area contributed by atoms with Crippen molar-refractivity contribution in [3.8, 4) is 0 Å². The quantitative estimate of drug-likeness (QED) is 0.537. The number of carbonyl (C=O) groups excluding carboxylic acids is 1. The van der Waals surface area contributed by atoms with E-state index >= 15 is 0 Å². The third-order valence-electron chi connectivity index (χ3n) is 11.1. The lowest BCUT2D eigenvalue weighted by atomic mass is 9.46. The second-order valence-electron chi connectivity index (χ2n) is 12.8. The highest BCUT2D eigenvalue weighted by Crippen LogP contribution is 2.67.